The fraction of sp³-hybridized carbons (Fsp3) is 0.0625. The van der Waals surface area contributed by atoms with Gasteiger partial charge < -0.3 is 15.1 Å². The summed E-state index contributed by atoms with van der Waals surface area (Å²) in [6.07, 6.45) is 4.11. The Bertz CT molecular complexity index is 836. The largest absolute Gasteiger partial charge is 0.467 e. The van der Waals surface area contributed by atoms with Crippen molar-refractivity contribution in [2.45, 2.75) is 6.54 Å². The van der Waals surface area contributed by atoms with Crippen molar-refractivity contribution in [1.82, 2.24) is 15.3 Å². The predicted octanol–water partition coefficient (Wildman–Crippen LogP) is 3.02. The normalized spacial score (nSPS) is 10.4. The molecule has 2 aromatic heterocycles. The van der Waals surface area contributed by atoms with Crippen LogP contribution in [0.2, 0.25) is 0 Å². The van der Waals surface area contributed by atoms with Crippen LogP contribution in [0.25, 0.3) is 0 Å². The number of hydrogen-bond acceptors (Lipinski definition) is 5. The molecule has 0 aliphatic rings. The fourth-order valence-corrected chi connectivity index (χ4v) is 1.90. The van der Waals surface area contributed by atoms with Crippen LogP contribution in [0.1, 0.15) is 16.2 Å². The van der Waals surface area contributed by atoms with E-state index in [-0.39, 0.29) is 12.2 Å². The first-order chi connectivity index (χ1) is 11.6. The minimum atomic E-state index is -0.970. The Morgan fingerprint density at radius 1 is 1.12 bits per heavy atom. The average molecular weight is 330 g/mol. The van der Waals surface area contributed by atoms with Crippen molar-refractivity contribution in [2.24, 2.45) is 0 Å². The van der Waals surface area contributed by atoms with Crippen molar-refractivity contribution in [3.8, 4) is 0 Å². The number of nitrogens with one attached hydrogen (secondary N) is 2. The van der Waals surface area contributed by atoms with Gasteiger partial charge in [0, 0.05) is 11.8 Å². The van der Waals surface area contributed by atoms with E-state index in [0.29, 0.717) is 17.3 Å². The summed E-state index contributed by atoms with van der Waals surface area (Å²) in [7, 11) is 0. The van der Waals surface area contributed by atoms with E-state index in [1.807, 2.05) is 0 Å². The first-order valence-electron chi connectivity index (χ1n) is 6.96. The van der Waals surface area contributed by atoms with Crippen molar-refractivity contribution in [1.29, 1.82) is 0 Å². The number of furan rings is 1. The van der Waals surface area contributed by atoms with Gasteiger partial charge in [-0.05, 0) is 24.3 Å². The molecule has 3 aromatic rings. The molecule has 6 nitrogen and oxygen atoms in total. The van der Waals surface area contributed by atoms with Gasteiger partial charge in [0.1, 0.15) is 17.3 Å². The number of rotatable bonds is 5. The van der Waals surface area contributed by atoms with Crippen LogP contribution in [0.3, 0.4) is 0 Å². The Balaban J connectivity index is 1.62. The third kappa shape index (κ3) is 3.72. The highest BCUT2D eigenvalue weighted by atomic mass is 19.2. The molecule has 0 radical (unpaired) electrons. The molecule has 0 saturated carbocycles. The summed E-state index contributed by atoms with van der Waals surface area (Å²) in [6, 6.07) is 6.83. The van der Waals surface area contributed by atoms with Gasteiger partial charge in [0.15, 0.2) is 11.6 Å². The SMILES string of the molecule is O=C(NCc1ccco1)c1cnc(Nc2ccc(F)c(F)c2)cn1. The standard InChI is InChI=1S/C16H12F2N4O2/c17-12-4-3-10(6-13(12)18)22-15-9-19-14(8-20-15)16(23)21-7-11-2-1-5-24-11/h1-6,8-9H,7H2,(H,20,22)(H,21,23). The van der Waals surface area contributed by atoms with Crippen LogP contribution in [-0.2, 0) is 6.54 Å². The van der Waals surface area contributed by atoms with Gasteiger partial charge in [-0.2, -0.15) is 0 Å². The Kier molecular flexibility index (Phi) is 4.46. The number of aromatic nitrogens is 2. The molecule has 3 rings (SSSR count). The lowest BCUT2D eigenvalue weighted by atomic mass is 10.3. The number of carbonyl (C=O) groups is 1. The lowest BCUT2D eigenvalue weighted by molar-refractivity contribution is 0.0942. The van der Waals surface area contributed by atoms with Crippen molar-refractivity contribution >= 4 is 17.4 Å². The van der Waals surface area contributed by atoms with Gasteiger partial charge in [0.2, 0.25) is 0 Å². The zero-order valence-corrected chi connectivity index (χ0v) is 12.3. The van der Waals surface area contributed by atoms with E-state index in [2.05, 4.69) is 20.6 Å². The van der Waals surface area contributed by atoms with Crippen LogP contribution in [0.5, 0.6) is 0 Å². The monoisotopic (exact) mass is 330 g/mol. The topological polar surface area (TPSA) is 80.0 Å². The molecule has 2 N–H and O–H groups in total. The highest BCUT2D eigenvalue weighted by molar-refractivity contribution is 5.91. The number of benzene rings is 1. The molecule has 0 aliphatic heterocycles. The Morgan fingerprint density at radius 3 is 2.67 bits per heavy atom. The molecule has 122 valence electrons. The molecule has 0 saturated heterocycles. The minimum Gasteiger partial charge on any atom is -0.467 e. The number of hydrogen-bond donors (Lipinski definition) is 2. The number of nitrogens with zero attached hydrogens (tertiary/aromatic N) is 2. The lowest BCUT2D eigenvalue weighted by Gasteiger charge is -2.06. The number of amides is 1. The van der Waals surface area contributed by atoms with E-state index in [4.69, 9.17) is 4.42 Å². The molecule has 2 heterocycles. The van der Waals surface area contributed by atoms with E-state index >= 15 is 0 Å². The summed E-state index contributed by atoms with van der Waals surface area (Å²) in [5.41, 5.74) is 0.440. The molecule has 0 spiro atoms. The summed E-state index contributed by atoms with van der Waals surface area (Å²) in [5.74, 6) is -1.40. The van der Waals surface area contributed by atoms with Crippen molar-refractivity contribution in [2.75, 3.05) is 5.32 Å². The second-order valence-electron chi connectivity index (χ2n) is 4.80. The third-order valence-electron chi connectivity index (χ3n) is 3.08. The van der Waals surface area contributed by atoms with Gasteiger partial charge in [-0.15, -0.1) is 0 Å². The van der Waals surface area contributed by atoms with Gasteiger partial charge in [-0.25, -0.2) is 18.7 Å². The summed E-state index contributed by atoms with van der Waals surface area (Å²) in [5, 5.41) is 5.40. The molecule has 1 aromatic carbocycles. The second-order valence-corrected chi connectivity index (χ2v) is 4.80. The zero-order chi connectivity index (χ0) is 16.9. The smallest absolute Gasteiger partial charge is 0.271 e. The van der Waals surface area contributed by atoms with Gasteiger partial charge in [-0.1, -0.05) is 0 Å². The van der Waals surface area contributed by atoms with Crippen molar-refractivity contribution in [3.63, 3.8) is 0 Å². The molecule has 0 bridgehead atoms. The molecule has 8 heteroatoms. The van der Waals surface area contributed by atoms with Crippen molar-refractivity contribution < 1.29 is 18.0 Å². The highest BCUT2D eigenvalue weighted by Gasteiger charge is 2.09. The van der Waals surface area contributed by atoms with Gasteiger partial charge in [0.25, 0.3) is 5.91 Å². The fourth-order valence-electron chi connectivity index (χ4n) is 1.90. The predicted molar refractivity (Wildman–Crippen MR) is 81.6 cm³/mol. The molecule has 0 aliphatic carbocycles. The maximum Gasteiger partial charge on any atom is 0.271 e. The number of carbonyl (C=O) groups excluding carboxylic acids is 1. The van der Waals surface area contributed by atoms with E-state index < -0.39 is 17.5 Å². The second kappa shape index (κ2) is 6.86. The summed E-state index contributed by atoms with van der Waals surface area (Å²) in [6.45, 7) is 0.238. The first kappa shape index (κ1) is 15.6. The third-order valence-corrected chi connectivity index (χ3v) is 3.08. The molecular formula is C16H12F2N4O2. The van der Waals surface area contributed by atoms with E-state index in [9.17, 15) is 13.6 Å². The maximum absolute atomic E-state index is 13.1. The molecule has 0 unspecified atom stereocenters. The zero-order valence-electron chi connectivity index (χ0n) is 12.3. The van der Waals surface area contributed by atoms with Crippen LogP contribution >= 0.6 is 0 Å². The van der Waals surface area contributed by atoms with Crippen LogP contribution in [0.15, 0.2) is 53.4 Å². The molecule has 0 atom stereocenters. The Morgan fingerprint density at radius 2 is 2.00 bits per heavy atom. The Labute approximate surface area is 135 Å². The van der Waals surface area contributed by atoms with Crippen molar-refractivity contribution in [3.05, 3.63) is 72.1 Å². The van der Waals surface area contributed by atoms with Crippen LogP contribution in [-0.4, -0.2) is 15.9 Å². The van der Waals surface area contributed by atoms with Crippen LogP contribution in [0.4, 0.5) is 20.3 Å². The summed E-state index contributed by atoms with van der Waals surface area (Å²) < 4.78 is 31.1. The lowest BCUT2D eigenvalue weighted by Crippen LogP contribution is -2.23. The first-order valence-corrected chi connectivity index (χ1v) is 6.96. The maximum atomic E-state index is 13.1. The summed E-state index contributed by atoms with van der Waals surface area (Å²) >= 11 is 0. The number of anilines is 2. The van der Waals surface area contributed by atoms with Crippen LogP contribution in [0, 0.1) is 11.6 Å². The molecule has 0 fully saturated rings. The number of halogens is 2. The molecule has 1 amide bonds. The molecular weight excluding hydrogens is 318 g/mol. The van der Waals surface area contributed by atoms with Crippen LogP contribution < -0.4 is 10.6 Å². The van der Waals surface area contributed by atoms with Gasteiger partial charge in [0.05, 0.1) is 25.2 Å². The van der Waals surface area contributed by atoms with E-state index in [0.717, 1.165) is 12.1 Å². The van der Waals surface area contributed by atoms with Gasteiger partial charge >= 0.3 is 0 Å². The Hall–Kier alpha value is -3.29. The molecule has 24 heavy (non-hydrogen) atoms. The quantitative estimate of drug-likeness (QED) is 0.752. The van der Waals surface area contributed by atoms with Gasteiger partial charge in [-0.3, -0.25) is 4.79 Å². The van der Waals surface area contributed by atoms with E-state index in [1.165, 1.54) is 24.7 Å². The highest BCUT2D eigenvalue weighted by Crippen LogP contribution is 2.17. The average Bonchev–Trinajstić information content (AvgIpc) is 3.10. The summed E-state index contributed by atoms with van der Waals surface area (Å²) in [4.78, 5) is 19.9. The van der Waals surface area contributed by atoms with E-state index in [1.54, 1.807) is 12.1 Å². The minimum absolute atomic E-state index is 0.123.